The predicted octanol–water partition coefficient (Wildman–Crippen LogP) is 1.28. The van der Waals surface area contributed by atoms with Crippen LogP contribution in [0.25, 0.3) is 0 Å². The fourth-order valence-electron chi connectivity index (χ4n) is 1.39. The summed E-state index contributed by atoms with van der Waals surface area (Å²) >= 11 is 5.88. The van der Waals surface area contributed by atoms with E-state index < -0.39 is 5.97 Å². The molecule has 0 bridgehead atoms. The lowest BCUT2D eigenvalue weighted by Gasteiger charge is -2.11. The number of benzene rings is 1. The van der Waals surface area contributed by atoms with Gasteiger partial charge in [-0.3, -0.25) is 0 Å². The molecule has 0 atom stereocenters. The van der Waals surface area contributed by atoms with Crippen LogP contribution in [0.2, 0.25) is 5.02 Å². The quantitative estimate of drug-likeness (QED) is 0.622. The molecule has 0 unspecified atom stereocenters. The molecule has 100 valence electrons. The SMILES string of the molecule is O=C(O)COc1ccc(Cl)cc1CNCCCO. The Morgan fingerprint density at radius 2 is 2.22 bits per heavy atom. The number of nitrogens with one attached hydrogen (secondary N) is 1. The molecule has 0 aliphatic heterocycles. The Balaban J connectivity index is 2.61. The zero-order valence-electron chi connectivity index (χ0n) is 9.86. The molecule has 0 radical (unpaired) electrons. The van der Waals surface area contributed by atoms with Crippen molar-refractivity contribution in [3.63, 3.8) is 0 Å². The Bertz CT molecular complexity index is 398. The molecule has 0 heterocycles. The zero-order chi connectivity index (χ0) is 13.4. The maximum atomic E-state index is 10.5. The fourth-order valence-corrected chi connectivity index (χ4v) is 1.59. The number of ether oxygens (including phenoxy) is 1. The zero-order valence-corrected chi connectivity index (χ0v) is 10.6. The van der Waals surface area contributed by atoms with Gasteiger partial charge in [0.05, 0.1) is 0 Å². The van der Waals surface area contributed by atoms with Crippen molar-refractivity contribution in [2.24, 2.45) is 0 Å². The van der Waals surface area contributed by atoms with Gasteiger partial charge in [0.2, 0.25) is 0 Å². The van der Waals surface area contributed by atoms with E-state index in [0.29, 0.717) is 30.3 Å². The first kappa shape index (κ1) is 14.8. The molecular formula is C12H16ClNO4. The van der Waals surface area contributed by atoms with Crippen LogP contribution in [0.3, 0.4) is 0 Å². The van der Waals surface area contributed by atoms with E-state index in [1.807, 2.05) is 0 Å². The van der Waals surface area contributed by atoms with Gasteiger partial charge in [-0.05, 0) is 31.2 Å². The van der Waals surface area contributed by atoms with Gasteiger partial charge in [0.25, 0.3) is 0 Å². The molecule has 0 fully saturated rings. The first-order chi connectivity index (χ1) is 8.63. The van der Waals surface area contributed by atoms with E-state index in [-0.39, 0.29) is 13.2 Å². The van der Waals surface area contributed by atoms with E-state index in [1.54, 1.807) is 18.2 Å². The van der Waals surface area contributed by atoms with Gasteiger partial charge in [-0.2, -0.15) is 0 Å². The minimum atomic E-state index is -1.02. The summed E-state index contributed by atoms with van der Waals surface area (Å²) in [5.74, 6) is -0.526. The number of hydrogen-bond donors (Lipinski definition) is 3. The molecule has 0 aromatic heterocycles. The first-order valence-electron chi connectivity index (χ1n) is 5.58. The highest BCUT2D eigenvalue weighted by atomic mass is 35.5. The van der Waals surface area contributed by atoms with Crippen LogP contribution < -0.4 is 10.1 Å². The standard InChI is InChI=1S/C12H16ClNO4/c13-10-2-3-11(18-8-12(16)17)9(6-10)7-14-4-1-5-15/h2-3,6,14-15H,1,4-5,7-8H2,(H,16,17). The number of hydrogen-bond acceptors (Lipinski definition) is 4. The van der Waals surface area contributed by atoms with Crippen molar-refractivity contribution in [2.45, 2.75) is 13.0 Å². The van der Waals surface area contributed by atoms with Gasteiger partial charge in [0, 0.05) is 23.7 Å². The molecule has 0 amide bonds. The molecule has 1 aromatic carbocycles. The van der Waals surface area contributed by atoms with E-state index in [2.05, 4.69) is 5.32 Å². The number of carbonyl (C=O) groups is 1. The van der Waals surface area contributed by atoms with Crippen LogP contribution in [-0.4, -0.2) is 35.9 Å². The van der Waals surface area contributed by atoms with Gasteiger partial charge < -0.3 is 20.3 Å². The highest BCUT2D eigenvalue weighted by Crippen LogP contribution is 2.22. The first-order valence-corrected chi connectivity index (χ1v) is 5.96. The summed E-state index contributed by atoms with van der Waals surface area (Å²) in [6.45, 7) is 0.924. The van der Waals surface area contributed by atoms with E-state index in [0.717, 1.165) is 5.56 Å². The summed E-state index contributed by atoms with van der Waals surface area (Å²) in [6, 6.07) is 5.02. The normalized spacial score (nSPS) is 10.3. The maximum Gasteiger partial charge on any atom is 0.341 e. The minimum absolute atomic E-state index is 0.130. The van der Waals surface area contributed by atoms with Crippen LogP contribution in [0.4, 0.5) is 0 Å². The molecular weight excluding hydrogens is 258 g/mol. The van der Waals surface area contributed by atoms with Crippen molar-refractivity contribution in [3.05, 3.63) is 28.8 Å². The van der Waals surface area contributed by atoms with Crippen molar-refractivity contribution in [1.29, 1.82) is 0 Å². The Kier molecular flexibility index (Phi) is 6.49. The number of carboxylic acids is 1. The molecule has 1 rings (SSSR count). The van der Waals surface area contributed by atoms with Crippen molar-refractivity contribution in [2.75, 3.05) is 19.8 Å². The summed E-state index contributed by atoms with van der Waals surface area (Å²) < 4.78 is 5.16. The van der Waals surface area contributed by atoms with E-state index in [1.165, 1.54) is 0 Å². The number of aliphatic carboxylic acids is 1. The molecule has 18 heavy (non-hydrogen) atoms. The van der Waals surface area contributed by atoms with E-state index in [4.69, 9.17) is 26.6 Å². The summed E-state index contributed by atoms with van der Waals surface area (Å²) in [4.78, 5) is 10.5. The lowest BCUT2D eigenvalue weighted by molar-refractivity contribution is -0.139. The minimum Gasteiger partial charge on any atom is -0.482 e. The summed E-state index contributed by atoms with van der Waals surface area (Å²) in [7, 11) is 0. The Labute approximate surface area is 110 Å². The molecule has 0 saturated carbocycles. The summed E-state index contributed by atoms with van der Waals surface area (Å²) in [6.07, 6.45) is 0.659. The summed E-state index contributed by atoms with van der Waals surface area (Å²) in [5, 5.41) is 20.9. The van der Waals surface area contributed by atoms with Crippen LogP contribution in [0.5, 0.6) is 5.75 Å². The van der Waals surface area contributed by atoms with E-state index in [9.17, 15) is 4.79 Å². The van der Waals surface area contributed by atoms with Crippen LogP contribution in [0.1, 0.15) is 12.0 Å². The van der Waals surface area contributed by atoms with Crippen LogP contribution in [0, 0.1) is 0 Å². The topological polar surface area (TPSA) is 78.8 Å². The Hall–Kier alpha value is -1.30. The fraction of sp³-hybridized carbons (Fsp3) is 0.417. The van der Waals surface area contributed by atoms with Gasteiger partial charge in [-0.1, -0.05) is 11.6 Å². The highest BCUT2D eigenvalue weighted by molar-refractivity contribution is 6.30. The molecule has 6 heteroatoms. The average Bonchev–Trinajstić information content (AvgIpc) is 2.33. The molecule has 0 spiro atoms. The molecule has 1 aromatic rings. The third-order valence-corrected chi connectivity index (χ3v) is 2.44. The number of aliphatic hydroxyl groups is 1. The van der Waals surface area contributed by atoms with E-state index >= 15 is 0 Å². The van der Waals surface area contributed by atoms with Gasteiger partial charge in [0.1, 0.15) is 5.75 Å². The van der Waals surface area contributed by atoms with Gasteiger partial charge in [-0.25, -0.2) is 4.79 Å². The lowest BCUT2D eigenvalue weighted by atomic mass is 10.2. The second kappa shape index (κ2) is 7.92. The lowest BCUT2D eigenvalue weighted by Crippen LogP contribution is -2.17. The number of halogens is 1. The third kappa shape index (κ3) is 5.35. The highest BCUT2D eigenvalue weighted by Gasteiger charge is 2.06. The molecule has 5 nitrogen and oxygen atoms in total. The maximum absolute atomic E-state index is 10.5. The number of aliphatic hydroxyl groups excluding tert-OH is 1. The smallest absolute Gasteiger partial charge is 0.341 e. The van der Waals surface area contributed by atoms with Gasteiger partial charge >= 0.3 is 5.97 Å². The van der Waals surface area contributed by atoms with Crippen LogP contribution in [0.15, 0.2) is 18.2 Å². The van der Waals surface area contributed by atoms with Crippen molar-refractivity contribution in [3.8, 4) is 5.75 Å². The molecule has 0 aliphatic rings. The third-order valence-electron chi connectivity index (χ3n) is 2.20. The Morgan fingerprint density at radius 3 is 2.89 bits per heavy atom. The van der Waals surface area contributed by atoms with Crippen molar-refractivity contribution in [1.82, 2.24) is 5.32 Å². The average molecular weight is 274 g/mol. The predicted molar refractivity (Wildman–Crippen MR) is 68.0 cm³/mol. The van der Waals surface area contributed by atoms with Crippen molar-refractivity contribution < 1.29 is 19.7 Å². The molecule has 0 aliphatic carbocycles. The second-order valence-corrected chi connectivity index (χ2v) is 4.12. The van der Waals surface area contributed by atoms with Crippen LogP contribution >= 0.6 is 11.6 Å². The number of carboxylic acid groups (broad SMARTS) is 1. The summed E-state index contributed by atoms with van der Waals surface area (Å²) in [5.41, 5.74) is 0.793. The van der Waals surface area contributed by atoms with Crippen molar-refractivity contribution >= 4 is 17.6 Å². The molecule has 0 saturated heterocycles. The van der Waals surface area contributed by atoms with Gasteiger partial charge in [-0.15, -0.1) is 0 Å². The monoisotopic (exact) mass is 273 g/mol. The molecule has 3 N–H and O–H groups in total. The largest absolute Gasteiger partial charge is 0.482 e. The second-order valence-electron chi connectivity index (χ2n) is 3.69. The Morgan fingerprint density at radius 1 is 1.44 bits per heavy atom. The van der Waals surface area contributed by atoms with Crippen LogP contribution in [-0.2, 0) is 11.3 Å². The van der Waals surface area contributed by atoms with Gasteiger partial charge in [0.15, 0.2) is 6.61 Å². The number of rotatable bonds is 8.